The van der Waals surface area contributed by atoms with E-state index in [0.717, 1.165) is 13.0 Å². The van der Waals surface area contributed by atoms with Gasteiger partial charge >= 0.3 is 6.18 Å². The van der Waals surface area contributed by atoms with E-state index in [-0.39, 0.29) is 6.54 Å². The van der Waals surface area contributed by atoms with Gasteiger partial charge in [-0.2, -0.15) is 13.2 Å². The van der Waals surface area contributed by atoms with Crippen molar-refractivity contribution in [3.8, 4) is 0 Å². The first-order chi connectivity index (χ1) is 6.88. The molecule has 0 bridgehead atoms. The fraction of sp³-hybridized carbons (Fsp3) is 1.00. The van der Waals surface area contributed by atoms with E-state index in [0.29, 0.717) is 18.5 Å². The first-order valence-electron chi connectivity index (χ1n) is 5.37. The van der Waals surface area contributed by atoms with Crippen molar-refractivity contribution in [3.05, 3.63) is 0 Å². The fourth-order valence-corrected chi connectivity index (χ4v) is 1.89. The number of alkyl halides is 3. The second-order valence-electron chi connectivity index (χ2n) is 4.45. The lowest BCUT2D eigenvalue weighted by atomic mass is 10.0. The summed E-state index contributed by atoms with van der Waals surface area (Å²) in [7, 11) is 1.75. The molecule has 0 aromatic carbocycles. The van der Waals surface area contributed by atoms with Gasteiger partial charge in [-0.05, 0) is 25.9 Å². The Morgan fingerprint density at radius 1 is 1.40 bits per heavy atom. The molecule has 0 amide bonds. The van der Waals surface area contributed by atoms with Crippen molar-refractivity contribution in [3.63, 3.8) is 0 Å². The maximum atomic E-state index is 12.0. The highest BCUT2D eigenvalue weighted by atomic mass is 19.4. The summed E-state index contributed by atoms with van der Waals surface area (Å²) in [6.07, 6.45) is -3.63. The molecule has 0 saturated carbocycles. The lowest BCUT2D eigenvalue weighted by molar-refractivity contribution is -0.137. The van der Waals surface area contributed by atoms with Gasteiger partial charge in [0.25, 0.3) is 0 Å². The zero-order valence-corrected chi connectivity index (χ0v) is 9.27. The van der Waals surface area contributed by atoms with Gasteiger partial charge in [0.15, 0.2) is 0 Å². The van der Waals surface area contributed by atoms with E-state index in [9.17, 15) is 13.2 Å². The molecule has 0 aromatic rings. The van der Waals surface area contributed by atoms with E-state index in [1.54, 1.807) is 11.9 Å². The molecule has 1 aliphatic rings. The fourth-order valence-electron chi connectivity index (χ4n) is 1.89. The van der Waals surface area contributed by atoms with Gasteiger partial charge in [-0.15, -0.1) is 0 Å². The molecule has 1 heterocycles. The highest BCUT2D eigenvalue weighted by Gasteiger charge is 2.28. The number of nitrogens with zero attached hydrogens (tertiary/aromatic N) is 1. The van der Waals surface area contributed by atoms with Crippen LogP contribution in [0.2, 0.25) is 0 Å². The van der Waals surface area contributed by atoms with Crippen molar-refractivity contribution in [2.45, 2.75) is 32.0 Å². The molecule has 0 radical (unpaired) electrons. The summed E-state index contributed by atoms with van der Waals surface area (Å²) in [5.74, 6) is 0.568. The van der Waals surface area contributed by atoms with Gasteiger partial charge in [-0.25, -0.2) is 0 Å². The molecule has 0 spiro atoms. The molecule has 5 heteroatoms. The van der Waals surface area contributed by atoms with E-state index >= 15 is 0 Å². The SMILES string of the molecule is CC1CCNC1CN(C)CCC(F)(F)F. The smallest absolute Gasteiger partial charge is 0.312 e. The van der Waals surface area contributed by atoms with Crippen LogP contribution in [0.1, 0.15) is 19.8 Å². The molecule has 1 saturated heterocycles. The van der Waals surface area contributed by atoms with Crippen LogP contribution in [0.5, 0.6) is 0 Å². The zero-order chi connectivity index (χ0) is 11.5. The molecule has 15 heavy (non-hydrogen) atoms. The van der Waals surface area contributed by atoms with Crippen molar-refractivity contribution >= 4 is 0 Å². The van der Waals surface area contributed by atoms with Crippen LogP contribution in [0.25, 0.3) is 0 Å². The predicted octanol–water partition coefficient (Wildman–Crippen LogP) is 1.87. The molecule has 1 aliphatic heterocycles. The largest absolute Gasteiger partial charge is 0.390 e. The monoisotopic (exact) mass is 224 g/mol. The standard InChI is InChI=1S/C10H19F3N2/c1-8-3-5-14-9(8)7-15(2)6-4-10(11,12)13/h8-9,14H,3-7H2,1-2H3. The Hall–Kier alpha value is -0.290. The lowest BCUT2D eigenvalue weighted by Gasteiger charge is -2.24. The van der Waals surface area contributed by atoms with Crippen molar-refractivity contribution < 1.29 is 13.2 Å². The first kappa shape index (κ1) is 12.8. The third kappa shape index (κ3) is 4.84. The molecule has 2 nitrogen and oxygen atoms in total. The van der Waals surface area contributed by atoms with Crippen LogP contribution < -0.4 is 5.32 Å². The number of hydrogen-bond acceptors (Lipinski definition) is 2. The molecule has 1 N–H and O–H groups in total. The summed E-state index contributed by atoms with van der Waals surface area (Å²) < 4.78 is 35.9. The van der Waals surface area contributed by atoms with Crippen LogP contribution in [0.4, 0.5) is 13.2 Å². The molecule has 2 atom stereocenters. The minimum Gasteiger partial charge on any atom is -0.312 e. The summed E-state index contributed by atoms with van der Waals surface area (Å²) in [6, 6.07) is 0.350. The molecule has 1 fully saturated rings. The molecule has 0 aromatic heterocycles. The van der Waals surface area contributed by atoms with Gasteiger partial charge in [-0.3, -0.25) is 0 Å². The minimum atomic E-state index is -4.04. The van der Waals surface area contributed by atoms with E-state index in [4.69, 9.17) is 0 Å². The quantitative estimate of drug-likeness (QED) is 0.784. The Balaban J connectivity index is 2.20. The molecule has 1 rings (SSSR count). The van der Waals surface area contributed by atoms with E-state index in [1.165, 1.54) is 0 Å². The Bertz CT molecular complexity index is 194. The Morgan fingerprint density at radius 3 is 2.53 bits per heavy atom. The lowest BCUT2D eigenvalue weighted by Crippen LogP contribution is -2.39. The summed E-state index contributed by atoms with van der Waals surface area (Å²) in [5.41, 5.74) is 0. The molecule has 90 valence electrons. The highest BCUT2D eigenvalue weighted by Crippen LogP contribution is 2.20. The third-order valence-corrected chi connectivity index (χ3v) is 2.98. The second kappa shape index (κ2) is 5.16. The maximum absolute atomic E-state index is 12.0. The number of rotatable bonds is 4. The molecule has 2 unspecified atom stereocenters. The third-order valence-electron chi connectivity index (χ3n) is 2.98. The van der Waals surface area contributed by atoms with Gasteiger partial charge in [0, 0.05) is 19.1 Å². The summed E-state index contributed by atoms with van der Waals surface area (Å²) in [6.45, 7) is 3.92. The van der Waals surface area contributed by atoms with E-state index in [1.807, 2.05) is 0 Å². The average Bonchev–Trinajstić information content (AvgIpc) is 2.47. The summed E-state index contributed by atoms with van der Waals surface area (Å²) in [4.78, 5) is 1.76. The van der Waals surface area contributed by atoms with Gasteiger partial charge in [-0.1, -0.05) is 6.92 Å². The Labute approximate surface area is 88.8 Å². The average molecular weight is 224 g/mol. The summed E-state index contributed by atoms with van der Waals surface area (Å²) in [5, 5.41) is 3.31. The van der Waals surface area contributed by atoms with Crippen LogP contribution in [-0.2, 0) is 0 Å². The zero-order valence-electron chi connectivity index (χ0n) is 9.27. The minimum absolute atomic E-state index is 0.0917. The van der Waals surface area contributed by atoms with Gasteiger partial charge in [0.05, 0.1) is 6.42 Å². The molecule has 0 aliphatic carbocycles. The second-order valence-corrected chi connectivity index (χ2v) is 4.45. The number of halogens is 3. The van der Waals surface area contributed by atoms with Gasteiger partial charge < -0.3 is 10.2 Å². The van der Waals surface area contributed by atoms with Gasteiger partial charge in [0.2, 0.25) is 0 Å². The van der Waals surface area contributed by atoms with Crippen molar-refractivity contribution in [2.24, 2.45) is 5.92 Å². The van der Waals surface area contributed by atoms with Crippen LogP contribution in [0.15, 0.2) is 0 Å². The predicted molar refractivity (Wildman–Crippen MR) is 53.7 cm³/mol. The maximum Gasteiger partial charge on any atom is 0.390 e. The number of nitrogens with one attached hydrogen (secondary N) is 1. The molecular weight excluding hydrogens is 205 g/mol. The van der Waals surface area contributed by atoms with Crippen molar-refractivity contribution in [1.82, 2.24) is 10.2 Å². The number of hydrogen-bond donors (Lipinski definition) is 1. The van der Waals surface area contributed by atoms with Crippen LogP contribution in [0.3, 0.4) is 0 Å². The summed E-state index contributed by atoms with van der Waals surface area (Å²) >= 11 is 0. The van der Waals surface area contributed by atoms with Crippen molar-refractivity contribution in [1.29, 1.82) is 0 Å². The Kier molecular flexibility index (Phi) is 4.40. The van der Waals surface area contributed by atoms with Crippen LogP contribution in [0, 0.1) is 5.92 Å². The van der Waals surface area contributed by atoms with Crippen molar-refractivity contribution in [2.75, 3.05) is 26.7 Å². The number of likely N-dealkylation sites (N-methyl/N-ethyl adjacent to an activating group) is 1. The van der Waals surface area contributed by atoms with Crippen LogP contribution >= 0.6 is 0 Å². The Morgan fingerprint density at radius 2 is 2.07 bits per heavy atom. The van der Waals surface area contributed by atoms with E-state index in [2.05, 4.69) is 12.2 Å². The molecular formula is C10H19F3N2. The van der Waals surface area contributed by atoms with Crippen LogP contribution in [-0.4, -0.2) is 43.8 Å². The van der Waals surface area contributed by atoms with E-state index < -0.39 is 12.6 Å². The topological polar surface area (TPSA) is 15.3 Å². The first-order valence-corrected chi connectivity index (χ1v) is 5.37. The van der Waals surface area contributed by atoms with Gasteiger partial charge in [0.1, 0.15) is 0 Å². The highest BCUT2D eigenvalue weighted by molar-refractivity contribution is 4.82. The normalized spacial score (nSPS) is 27.6.